The van der Waals surface area contributed by atoms with Gasteiger partial charge in [-0.3, -0.25) is 4.90 Å². The Balaban J connectivity index is 1.77. The molecule has 0 fully saturated rings. The fraction of sp³-hybridized carbons (Fsp3) is 0.364. The molecular formula is C22H25N3O2. The quantitative estimate of drug-likeness (QED) is 0.731. The summed E-state index contributed by atoms with van der Waals surface area (Å²) in [5.74, 6) is 1.32. The van der Waals surface area contributed by atoms with Gasteiger partial charge in [0.1, 0.15) is 5.82 Å². The third-order valence-corrected chi connectivity index (χ3v) is 5.71. The fourth-order valence-electron chi connectivity index (χ4n) is 4.30. The molecule has 1 unspecified atom stereocenters. The second kappa shape index (κ2) is 6.72. The Hall–Kier alpha value is -2.82. The van der Waals surface area contributed by atoms with Gasteiger partial charge < -0.3 is 9.67 Å². The van der Waals surface area contributed by atoms with Crippen LogP contribution >= 0.6 is 0 Å². The summed E-state index contributed by atoms with van der Waals surface area (Å²) in [5, 5.41) is 9.64. The zero-order valence-electron chi connectivity index (χ0n) is 16.0. The van der Waals surface area contributed by atoms with Gasteiger partial charge in [-0.05, 0) is 43.9 Å². The third-order valence-electron chi connectivity index (χ3n) is 5.71. The number of rotatable bonds is 3. The van der Waals surface area contributed by atoms with Gasteiger partial charge in [-0.2, -0.15) is 0 Å². The smallest absolute Gasteiger partial charge is 0.412 e. The van der Waals surface area contributed by atoms with Crippen LogP contribution in [0.25, 0.3) is 11.0 Å². The number of fused-ring (bicyclic) bond motifs is 3. The number of carboxylic acid groups (broad SMARTS) is 1. The van der Waals surface area contributed by atoms with Crippen molar-refractivity contribution < 1.29 is 9.90 Å². The molecule has 0 saturated carbocycles. The summed E-state index contributed by atoms with van der Waals surface area (Å²) in [6, 6.07) is 14.4. The Morgan fingerprint density at radius 2 is 2.00 bits per heavy atom. The summed E-state index contributed by atoms with van der Waals surface area (Å²) in [7, 11) is 2.05. The fourth-order valence-corrected chi connectivity index (χ4v) is 4.30. The summed E-state index contributed by atoms with van der Waals surface area (Å²) in [4.78, 5) is 18.2. The summed E-state index contributed by atoms with van der Waals surface area (Å²) in [6.07, 6.45) is 1.72. The number of nitrogens with zero attached hydrogens (tertiary/aromatic N) is 3. The molecule has 140 valence electrons. The maximum atomic E-state index is 11.7. The van der Waals surface area contributed by atoms with E-state index in [4.69, 9.17) is 4.98 Å². The van der Waals surface area contributed by atoms with E-state index in [0.717, 1.165) is 47.4 Å². The van der Waals surface area contributed by atoms with E-state index in [-0.39, 0.29) is 12.0 Å². The Labute approximate surface area is 159 Å². The minimum atomic E-state index is -0.892. The first kappa shape index (κ1) is 17.6. The number of hydrogen-bond acceptors (Lipinski definition) is 2. The maximum absolute atomic E-state index is 11.7. The van der Waals surface area contributed by atoms with Crippen molar-refractivity contribution in [3.8, 4) is 0 Å². The van der Waals surface area contributed by atoms with Gasteiger partial charge in [0.05, 0.1) is 16.7 Å². The number of carbonyl (C=O) groups is 1. The Morgan fingerprint density at radius 1 is 1.26 bits per heavy atom. The lowest BCUT2D eigenvalue weighted by atomic mass is 9.96. The number of benzene rings is 2. The summed E-state index contributed by atoms with van der Waals surface area (Å²) >= 11 is 0. The molecule has 1 amide bonds. The lowest BCUT2D eigenvalue weighted by Gasteiger charge is -2.33. The number of imidazole rings is 1. The van der Waals surface area contributed by atoms with E-state index in [1.807, 2.05) is 25.1 Å². The molecule has 0 radical (unpaired) electrons. The minimum absolute atomic E-state index is 0.00682. The second-order valence-electron chi connectivity index (χ2n) is 7.59. The Kier molecular flexibility index (Phi) is 4.38. The standard InChI is InChI=1S/C22H25N3O2/c1-14(13-16-7-5-4-6-8-16)21-23-20-17-10-9-15(2)25(22(26)27)18(17)11-12-19(20)24(21)3/h4-8,11-12,14-15H,9-10,13H2,1-3H3,(H,26,27)/t14?,15-/m0/s1. The molecule has 0 aliphatic carbocycles. The average Bonchev–Trinajstić information content (AvgIpc) is 2.99. The molecule has 4 rings (SSSR count). The summed E-state index contributed by atoms with van der Waals surface area (Å²) in [5.41, 5.74) is 5.16. The van der Waals surface area contributed by atoms with Crippen molar-refractivity contribution in [1.82, 2.24) is 9.55 Å². The van der Waals surface area contributed by atoms with E-state index in [9.17, 15) is 9.90 Å². The van der Waals surface area contributed by atoms with Gasteiger partial charge in [-0.15, -0.1) is 0 Å². The largest absolute Gasteiger partial charge is 0.465 e. The predicted octanol–water partition coefficient (Wildman–Crippen LogP) is 4.74. The van der Waals surface area contributed by atoms with Crippen molar-refractivity contribution in [1.29, 1.82) is 0 Å². The molecule has 2 aromatic carbocycles. The molecule has 0 saturated heterocycles. The highest BCUT2D eigenvalue weighted by atomic mass is 16.4. The van der Waals surface area contributed by atoms with Crippen molar-refractivity contribution >= 4 is 22.8 Å². The van der Waals surface area contributed by atoms with E-state index in [0.29, 0.717) is 0 Å². The molecule has 5 heteroatoms. The van der Waals surface area contributed by atoms with Crippen LogP contribution in [0, 0.1) is 0 Å². The highest BCUT2D eigenvalue weighted by Gasteiger charge is 2.30. The van der Waals surface area contributed by atoms with Gasteiger partial charge in [0.2, 0.25) is 0 Å². The van der Waals surface area contributed by atoms with E-state index in [1.165, 1.54) is 10.5 Å². The molecule has 1 aliphatic heterocycles. The lowest BCUT2D eigenvalue weighted by Crippen LogP contribution is -2.41. The average molecular weight is 363 g/mol. The van der Waals surface area contributed by atoms with Gasteiger partial charge in [0, 0.05) is 24.6 Å². The van der Waals surface area contributed by atoms with Crippen molar-refractivity contribution in [2.24, 2.45) is 7.05 Å². The molecule has 2 atom stereocenters. The molecule has 0 spiro atoms. The third kappa shape index (κ3) is 2.97. The Bertz CT molecular complexity index is 994. The number of aromatic nitrogens is 2. The molecule has 0 bridgehead atoms. The van der Waals surface area contributed by atoms with Gasteiger partial charge in [-0.1, -0.05) is 37.3 Å². The van der Waals surface area contributed by atoms with Gasteiger partial charge in [-0.25, -0.2) is 9.78 Å². The van der Waals surface area contributed by atoms with Crippen LogP contribution in [0.1, 0.15) is 43.1 Å². The van der Waals surface area contributed by atoms with Crippen LogP contribution in [0.4, 0.5) is 10.5 Å². The van der Waals surface area contributed by atoms with Crippen molar-refractivity contribution in [3.63, 3.8) is 0 Å². The van der Waals surface area contributed by atoms with Crippen LogP contribution in [-0.2, 0) is 19.9 Å². The van der Waals surface area contributed by atoms with Crippen molar-refractivity contribution in [2.75, 3.05) is 4.90 Å². The van der Waals surface area contributed by atoms with Gasteiger partial charge >= 0.3 is 6.09 Å². The van der Waals surface area contributed by atoms with Crippen LogP contribution in [0.15, 0.2) is 42.5 Å². The SMILES string of the molecule is CC(Cc1ccccc1)c1nc2c3c(ccc2n1C)N(C(=O)O)[C@@H](C)CC3. The molecule has 2 heterocycles. The van der Waals surface area contributed by atoms with Crippen LogP contribution in [-0.4, -0.2) is 26.8 Å². The molecule has 3 aromatic rings. The van der Waals surface area contributed by atoms with Crippen LogP contribution < -0.4 is 4.90 Å². The monoisotopic (exact) mass is 363 g/mol. The predicted molar refractivity (Wildman–Crippen MR) is 108 cm³/mol. The normalized spacial score (nSPS) is 17.7. The second-order valence-corrected chi connectivity index (χ2v) is 7.59. The minimum Gasteiger partial charge on any atom is -0.465 e. The molecule has 1 aromatic heterocycles. The zero-order chi connectivity index (χ0) is 19.1. The molecular weight excluding hydrogens is 338 g/mol. The first-order chi connectivity index (χ1) is 13.0. The summed E-state index contributed by atoms with van der Waals surface area (Å²) < 4.78 is 2.16. The van der Waals surface area contributed by atoms with E-state index < -0.39 is 6.09 Å². The van der Waals surface area contributed by atoms with Crippen LogP contribution in [0.2, 0.25) is 0 Å². The van der Waals surface area contributed by atoms with Crippen molar-refractivity contribution in [2.45, 2.75) is 45.1 Å². The highest BCUT2D eigenvalue weighted by Crippen LogP contribution is 2.36. The number of aryl methyl sites for hydroxylation is 2. The molecule has 1 N–H and O–H groups in total. The lowest BCUT2D eigenvalue weighted by molar-refractivity contribution is 0.198. The first-order valence-corrected chi connectivity index (χ1v) is 9.51. The van der Waals surface area contributed by atoms with Gasteiger partial charge in [0.15, 0.2) is 0 Å². The molecule has 1 aliphatic rings. The number of anilines is 1. The van der Waals surface area contributed by atoms with E-state index in [2.05, 4.69) is 42.8 Å². The topological polar surface area (TPSA) is 58.4 Å². The molecule has 27 heavy (non-hydrogen) atoms. The van der Waals surface area contributed by atoms with E-state index >= 15 is 0 Å². The number of hydrogen-bond donors (Lipinski definition) is 1. The van der Waals surface area contributed by atoms with Gasteiger partial charge in [0.25, 0.3) is 0 Å². The first-order valence-electron chi connectivity index (χ1n) is 9.51. The molecule has 5 nitrogen and oxygen atoms in total. The number of amides is 1. The van der Waals surface area contributed by atoms with Crippen LogP contribution in [0.3, 0.4) is 0 Å². The highest BCUT2D eigenvalue weighted by molar-refractivity contribution is 5.94. The van der Waals surface area contributed by atoms with E-state index in [1.54, 1.807) is 0 Å². The van der Waals surface area contributed by atoms with Crippen molar-refractivity contribution in [3.05, 3.63) is 59.4 Å². The maximum Gasteiger partial charge on any atom is 0.412 e. The Morgan fingerprint density at radius 3 is 2.70 bits per heavy atom. The zero-order valence-corrected chi connectivity index (χ0v) is 16.0. The van der Waals surface area contributed by atoms with Crippen LogP contribution in [0.5, 0.6) is 0 Å². The summed E-state index contributed by atoms with van der Waals surface area (Å²) in [6.45, 7) is 4.17.